The molecule has 2 aliphatic heterocycles. The summed E-state index contributed by atoms with van der Waals surface area (Å²) < 4.78 is 5.08. The van der Waals surface area contributed by atoms with Gasteiger partial charge in [-0.3, -0.25) is 4.79 Å². The van der Waals surface area contributed by atoms with Gasteiger partial charge in [0, 0.05) is 37.5 Å². The Morgan fingerprint density at radius 1 is 1.31 bits per heavy atom. The second-order valence-corrected chi connectivity index (χ2v) is 7.88. The summed E-state index contributed by atoms with van der Waals surface area (Å²) in [6, 6.07) is 6.03. The van der Waals surface area contributed by atoms with Crippen LogP contribution in [0.15, 0.2) is 18.2 Å². The molecule has 4 rings (SSSR count). The first-order valence-electron chi connectivity index (χ1n) is 9.79. The highest BCUT2D eigenvalue weighted by molar-refractivity contribution is 5.87. The van der Waals surface area contributed by atoms with Crippen LogP contribution in [0, 0.1) is 5.41 Å². The Kier molecular flexibility index (Phi) is 4.59. The van der Waals surface area contributed by atoms with E-state index in [0.29, 0.717) is 30.7 Å². The van der Waals surface area contributed by atoms with Crippen molar-refractivity contribution in [3.05, 3.63) is 23.9 Å². The van der Waals surface area contributed by atoms with Gasteiger partial charge in [0.05, 0.1) is 6.61 Å². The van der Waals surface area contributed by atoms with Crippen LogP contribution in [0.4, 0.5) is 5.82 Å². The molecule has 1 saturated carbocycles. The van der Waals surface area contributed by atoms with E-state index in [2.05, 4.69) is 14.8 Å². The van der Waals surface area contributed by atoms with Gasteiger partial charge in [-0.15, -0.1) is 0 Å². The smallest absolute Gasteiger partial charge is 0.356 e. The average molecular weight is 357 g/mol. The molecule has 140 valence electrons. The summed E-state index contributed by atoms with van der Waals surface area (Å²) >= 11 is 0. The number of esters is 1. The van der Waals surface area contributed by atoms with Gasteiger partial charge in [-0.1, -0.05) is 6.07 Å². The van der Waals surface area contributed by atoms with Gasteiger partial charge in [-0.05, 0) is 51.2 Å². The number of carbonyl (C=O) groups is 2. The van der Waals surface area contributed by atoms with Gasteiger partial charge in [0.1, 0.15) is 5.82 Å². The van der Waals surface area contributed by atoms with E-state index >= 15 is 0 Å². The van der Waals surface area contributed by atoms with Crippen LogP contribution in [0.1, 0.15) is 55.9 Å². The van der Waals surface area contributed by atoms with E-state index in [0.717, 1.165) is 57.6 Å². The predicted octanol–water partition coefficient (Wildman–Crippen LogP) is 2.63. The SMILES string of the molecule is CCOC(=O)c1cccc(N2CCC[C@@]3(CCC(=O)N(C4CC4)C3)C2)n1. The molecule has 6 heteroatoms. The Morgan fingerprint density at radius 3 is 2.92 bits per heavy atom. The van der Waals surface area contributed by atoms with Gasteiger partial charge in [0.2, 0.25) is 5.91 Å². The Bertz CT molecular complexity index is 703. The van der Waals surface area contributed by atoms with E-state index in [1.807, 2.05) is 12.1 Å². The lowest BCUT2D eigenvalue weighted by Crippen LogP contribution is -2.54. The number of nitrogens with zero attached hydrogens (tertiary/aromatic N) is 3. The van der Waals surface area contributed by atoms with E-state index in [1.54, 1.807) is 13.0 Å². The molecule has 3 heterocycles. The van der Waals surface area contributed by atoms with Crippen LogP contribution in [-0.2, 0) is 9.53 Å². The standard InChI is InChI=1S/C20H27N3O3/c1-2-26-19(25)16-5-3-6-17(21-16)22-12-4-10-20(13-22)11-9-18(24)23(14-20)15-7-8-15/h3,5-6,15H,2,4,7-14H2,1H3/t20-/m1/s1. The van der Waals surface area contributed by atoms with Crippen LogP contribution >= 0.6 is 0 Å². The maximum atomic E-state index is 12.3. The van der Waals surface area contributed by atoms with Crippen molar-refractivity contribution in [1.82, 2.24) is 9.88 Å². The highest BCUT2D eigenvalue weighted by Crippen LogP contribution is 2.43. The summed E-state index contributed by atoms with van der Waals surface area (Å²) in [5.74, 6) is 0.798. The van der Waals surface area contributed by atoms with Gasteiger partial charge < -0.3 is 14.5 Å². The van der Waals surface area contributed by atoms with Crippen molar-refractivity contribution < 1.29 is 14.3 Å². The molecule has 1 aromatic heterocycles. The molecule has 3 aliphatic rings. The third-order valence-corrected chi connectivity index (χ3v) is 5.89. The number of anilines is 1. The number of amides is 1. The molecule has 2 saturated heterocycles. The molecular formula is C20H27N3O3. The van der Waals surface area contributed by atoms with Crippen LogP contribution < -0.4 is 4.90 Å². The average Bonchev–Trinajstić information content (AvgIpc) is 3.50. The molecule has 26 heavy (non-hydrogen) atoms. The maximum absolute atomic E-state index is 12.3. The van der Waals surface area contributed by atoms with E-state index in [1.165, 1.54) is 0 Å². The Hall–Kier alpha value is -2.11. The Labute approximate surface area is 154 Å². The van der Waals surface area contributed by atoms with Crippen LogP contribution in [0.5, 0.6) is 0 Å². The number of rotatable bonds is 4. The van der Waals surface area contributed by atoms with Gasteiger partial charge in [0.25, 0.3) is 0 Å². The molecular weight excluding hydrogens is 330 g/mol. The molecule has 0 N–H and O–H groups in total. The third-order valence-electron chi connectivity index (χ3n) is 5.89. The Morgan fingerprint density at radius 2 is 2.15 bits per heavy atom. The van der Waals surface area contributed by atoms with Gasteiger partial charge in [-0.2, -0.15) is 0 Å². The lowest BCUT2D eigenvalue weighted by Gasteiger charge is -2.48. The first-order chi connectivity index (χ1) is 12.6. The summed E-state index contributed by atoms with van der Waals surface area (Å²) in [7, 11) is 0. The molecule has 0 aromatic carbocycles. The number of hydrogen-bond donors (Lipinski definition) is 0. The van der Waals surface area contributed by atoms with Gasteiger partial charge in [-0.25, -0.2) is 9.78 Å². The lowest BCUT2D eigenvalue weighted by molar-refractivity contribution is -0.138. The van der Waals surface area contributed by atoms with Crippen LogP contribution in [0.2, 0.25) is 0 Å². The van der Waals surface area contributed by atoms with Crippen molar-refractivity contribution in [3.63, 3.8) is 0 Å². The second kappa shape index (κ2) is 6.89. The molecule has 1 amide bonds. The van der Waals surface area contributed by atoms with E-state index < -0.39 is 0 Å². The van der Waals surface area contributed by atoms with Crippen LogP contribution in [0.3, 0.4) is 0 Å². The number of carbonyl (C=O) groups excluding carboxylic acids is 2. The lowest BCUT2D eigenvalue weighted by atomic mass is 9.73. The van der Waals surface area contributed by atoms with E-state index in [4.69, 9.17) is 4.74 Å². The molecule has 0 bridgehead atoms. The number of piperidine rings is 2. The quantitative estimate of drug-likeness (QED) is 0.775. The van der Waals surface area contributed by atoms with Crippen molar-refractivity contribution in [2.24, 2.45) is 5.41 Å². The summed E-state index contributed by atoms with van der Waals surface area (Å²) in [4.78, 5) is 33.2. The summed E-state index contributed by atoms with van der Waals surface area (Å²) in [5, 5.41) is 0. The molecule has 1 spiro atoms. The van der Waals surface area contributed by atoms with Crippen molar-refractivity contribution in [2.45, 2.75) is 51.5 Å². The highest BCUT2D eigenvalue weighted by atomic mass is 16.5. The topological polar surface area (TPSA) is 62.7 Å². The second-order valence-electron chi connectivity index (χ2n) is 7.88. The zero-order valence-corrected chi connectivity index (χ0v) is 15.4. The number of hydrogen-bond acceptors (Lipinski definition) is 5. The molecule has 1 atom stereocenters. The first-order valence-corrected chi connectivity index (χ1v) is 9.79. The molecule has 1 aromatic rings. The summed E-state index contributed by atoms with van der Waals surface area (Å²) in [6.45, 7) is 4.88. The van der Waals surface area contributed by atoms with Crippen molar-refractivity contribution in [1.29, 1.82) is 0 Å². The molecule has 0 unspecified atom stereocenters. The number of ether oxygens (including phenoxy) is 1. The Balaban J connectivity index is 1.51. The fraction of sp³-hybridized carbons (Fsp3) is 0.650. The molecule has 1 aliphatic carbocycles. The normalized spacial score (nSPS) is 26.3. The molecule has 0 radical (unpaired) electrons. The number of aromatic nitrogens is 1. The summed E-state index contributed by atoms with van der Waals surface area (Å²) in [6.07, 6.45) is 6.21. The predicted molar refractivity (Wildman–Crippen MR) is 98.0 cm³/mol. The largest absolute Gasteiger partial charge is 0.461 e. The fourth-order valence-electron chi connectivity index (χ4n) is 4.42. The fourth-order valence-corrected chi connectivity index (χ4v) is 4.42. The number of likely N-dealkylation sites (tertiary alicyclic amines) is 1. The molecule has 6 nitrogen and oxygen atoms in total. The summed E-state index contributed by atoms with van der Waals surface area (Å²) in [5.41, 5.74) is 0.526. The molecule has 3 fully saturated rings. The maximum Gasteiger partial charge on any atom is 0.356 e. The van der Waals surface area contributed by atoms with Gasteiger partial charge >= 0.3 is 5.97 Å². The minimum atomic E-state index is -0.371. The minimum Gasteiger partial charge on any atom is -0.461 e. The van der Waals surface area contributed by atoms with Gasteiger partial charge in [0.15, 0.2) is 5.69 Å². The van der Waals surface area contributed by atoms with Crippen LogP contribution in [-0.4, -0.2) is 54.0 Å². The van der Waals surface area contributed by atoms with Crippen LogP contribution in [0.25, 0.3) is 0 Å². The zero-order valence-electron chi connectivity index (χ0n) is 15.4. The monoisotopic (exact) mass is 357 g/mol. The van der Waals surface area contributed by atoms with E-state index in [-0.39, 0.29) is 11.4 Å². The number of pyridine rings is 1. The first kappa shape index (κ1) is 17.3. The third kappa shape index (κ3) is 3.41. The van der Waals surface area contributed by atoms with Crippen molar-refractivity contribution >= 4 is 17.7 Å². The minimum absolute atomic E-state index is 0.163. The van der Waals surface area contributed by atoms with Crippen molar-refractivity contribution in [3.8, 4) is 0 Å². The van der Waals surface area contributed by atoms with Crippen molar-refractivity contribution in [2.75, 3.05) is 31.1 Å². The highest BCUT2D eigenvalue weighted by Gasteiger charge is 2.45. The zero-order chi connectivity index (χ0) is 18.1. The van der Waals surface area contributed by atoms with E-state index in [9.17, 15) is 9.59 Å².